The van der Waals surface area contributed by atoms with Crippen LogP contribution in [0.3, 0.4) is 0 Å². The molecule has 0 aromatic rings. The van der Waals surface area contributed by atoms with Crippen molar-refractivity contribution in [1.82, 2.24) is 0 Å². The summed E-state index contributed by atoms with van der Waals surface area (Å²) in [5.74, 6) is 0.357. The van der Waals surface area contributed by atoms with E-state index < -0.39 is 0 Å². The topological polar surface area (TPSA) is 66.8 Å². The maximum Gasteiger partial charge on any atom is 0.305 e. The van der Waals surface area contributed by atoms with E-state index in [1.54, 1.807) is 6.92 Å². The van der Waals surface area contributed by atoms with E-state index in [4.69, 9.17) is 14.9 Å². The Morgan fingerprint density at radius 3 is 2.18 bits per heavy atom. The molecule has 0 amide bonds. The number of esters is 1. The van der Waals surface area contributed by atoms with Crippen molar-refractivity contribution in [2.45, 2.75) is 52.9 Å². The standard InChI is InChI=1S/C8H16O3.C5H12O/c1-2-11-8(10)6-4-3-5-7-9;1-3-5(2)4-6/h9H,2-7H2,1H3;5-6H,3-4H2,1-2H3. The van der Waals surface area contributed by atoms with Gasteiger partial charge in [-0.15, -0.1) is 0 Å². The fraction of sp³-hybridized carbons (Fsp3) is 0.923. The first kappa shape index (κ1) is 18.7. The average molecular weight is 248 g/mol. The van der Waals surface area contributed by atoms with Crippen LogP contribution in [0.15, 0.2) is 0 Å². The van der Waals surface area contributed by atoms with E-state index in [9.17, 15) is 4.79 Å². The van der Waals surface area contributed by atoms with Gasteiger partial charge in [0.15, 0.2) is 0 Å². The number of unbranched alkanes of at least 4 members (excludes halogenated alkanes) is 2. The summed E-state index contributed by atoms with van der Waals surface area (Å²) in [6.07, 6.45) is 4.05. The monoisotopic (exact) mass is 248 g/mol. The quantitative estimate of drug-likeness (QED) is 0.510. The molecule has 0 saturated carbocycles. The lowest BCUT2D eigenvalue weighted by Crippen LogP contribution is -2.03. The van der Waals surface area contributed by atoms with Gasteiger partial charge in [0.25, 0.3) is 0 Å². The molecular formula is C13H28O4. The second kappa shape index (κ2) is 15.4. The van der Waals surface area contributed by atoms with E-state index >= 15 is 0 Å². The molecule has 17 heavy (non-hydrogen) atoms. The number of hydrogen-bond acceptors (Lipinski definition) is 4. The lowest BCUT2D eigenvalue weighted by molar-refractivity contribution is -0.143. The first-order valence-electron chi connectivity index (χ1n) is 6.49. The third-order valence-electron chi connectivity index (χ3n) is 2.35. The molecule has 0 spiro atoms. The van der Waals surface area contributed by atoms with Gasteiger partial charge in [0.05, 0.1) is 6.61 Å². The third kappa shape index (κ3) is 18.0. The van der Waals surface area contributed by atoms with Crippen LogP contribution in [-0.4, -0.2) is 36.0 Å². The van der Waals surface area contributed by atoms with Crippen molar-refractivity contribution >= 4 is 5.97 Å². The summed E-state index contributed by atoms with van der Waals surface area (Å²) in [5.41, 5.74) is 0. The van der Waals surface area contributed by atoms with Gasteiger partial charge in [-0.3, -0.25) is 4.79 Å². The summed E-state index contributed by atoms with van der Waals surface area (Å²) >= 11 is 0. The summed E-state index contributed by atoms with van der Waals surface area (Å²) in [6, 6.07) is 0. The van der Waals surface area contributed by atoms with Gasteiger partial charge < -0.3 is 14.9 Å². The molecule has 0 heterocycles. The highest BCUT2D eigenvalue weighted by Gasteiger charge is 1.99. The summed E-state index contributed by atoms with van der Waals surface area (Å²) in [4.78, 5) is 10.7. The molecule has 104 valence electrons. The first-order valence-corrected chi connectivity index (χ1v) is 6.49. The normalized spacial score (nSPS) is 11.4. The summed E-state index contributed by atoms with van der Waals surface area (Å²) in [5, 5.41) is 16.8. The Kier molecular flexibility index (Phi) is 17.0. The molecule has 0 aromatic heterocycles. The fourth-order valence-electron chi connectivity index (χ4n) is 0.920. The number of hydrogen-bond donors (Lipinski definition) is 2. The van der Waals surface area contributed by atoms with Crippen molar-refractivity contribution in [2.24, 2.45) is 5.92 Å². The molecule has 0 aromatic carbocycles. The number of carbonyl (C=O) groups is 1. The van der Waals surface area contributed by atoms with Crippen LogP contribution in [0.5, 0.6) is 0 Å². The molecule has 1 atom stereocenters. The molecule has 2 N–H and O–H groups in total. The van der Waals surface area contributed by atoms with Gasteiger partial charge in [-0.1, -0.05) is 26.7 Å². The largest absolute Gasteiger partial charge is 0.466 e. The van der Waals surface area contributed by atoms with E-state index in [0.29, 0.717) is 25.6 Å². The first-order chi connectivity index (χ1) is 8.12. The Hall–Kier alpha value is -0.610. The van der Waals surface area contributed by atoms with Crippen molar-refractivity contribution in [1.29, 1.82) is 0 Å². The van der Waals surface area contributed by atoms with Gasteiger partial charge in [-0.25, -0.2) is 0 Å². The molecule has 0 aliphatic rings. The molecule has 0 aliphatic heterocycles. The van der Waals surface area contributed by atoms with Gasteiger partial charge >= 0.3 is 5.97 Å². The maximum absolute atomic E-state index is 10.7. The lowest BCUT2D eigenvalue weighted by atomic mass is 10.1. The van der Waals surface area contributed by atoms with E-state index in [0.717, 1.165) is 25.7 Å². The highest BCUT2D eigenvalue weighted by Crippen LogP contribution is 2.00. The molecule has 0 radical (unpaired) electrons. The van der Waals surface area contributed by atoms with Gasteiger partial charge in [0.1, 0.15) is 0 Å². The van der Waals surface area contributed by atoms with Gasteiger partial charge in [0.2, 0.25) is 0 Å². The molecular weight excluding hydrogens is 220 g/mol. The van der Waals surface area contributed by atoms with Crippen molar-refractivity contribution in [3.63, 3.8) is 0 Å². The SMILES string of the molecule is CCC(C)CO.CCOC(=O)CCCCCO. The minimum absolute atomic E-state index is 0.134. The second-order valence-corrected chi connectivity index (χ2v) is 4.04. The molecule has 4 heteroatoms. The predicted octanol–water partition coefficient (Wildman–Crippen LogP) is 2.13. The van der Waals surface area contributed by atoms with Crippen LogP contribution in [-0.2, 0) is 9.53 Å². The molecule has 0 bridgehead atoms. The van der Waals surface area contributed by atoms with E-state index in [1.807, 2.05) is 6.92 Å². The molecule has 4 nitrogen and oxygen atoms in total. The Labute approximate surface area is 105 Å². The van der Waals surface area contributed by atoms with Crippen LogP contribution in [0.4, 0.5) is 0 Å². The smallest absolute Gasteiger partial charge is 0.305 e. The molecule has 0 aliphatic carbocycles. The minimum atomic E-state index is -0.134. The summed E-state index contributed by atoms with van der Waals surface area (Å²) in [7, 11) is 0. The van der Waals surface area contributed by atoms with Crippen molar-refractivity contribution < 1.29 is 19.7 Å². The van der Waals surface area contributed by atoms with E-state index in [1.165, 1.54) is 0 Å². The fourth-order valence-corrected chi connectivity index (χ4v) is 0.920. The van der Waals surface area contributed by atoms with Crippen LogP contribution >= 0.6 is 0 Å². The zero-order chi connectivity index (χ0) is 13.5. The van der Waals surface area contributed by atoms with Crippen LogP contribution in [0.2, 0.25) is 0 Å². The Balaban J connectivity index is 0. The van der Waals surface area contributed by atoms with Crippen molar-refractivity contribution in [3.8, 4) is 0 Å². The van der Waals surface area contributed by atoms with Crippen molar-refractivity contribution in [2.75, 3.05) is 19.8 Å². The van der Waals surface area contributed by atoms with Crippen LogP contribution in [0.1, 0.15) is 52.9 Å². The highest BCUT2D eigenvalue weighted by molar-refractivity contribution is 5.69. The number of rotatable bonds is 8. The Morgan fingerprint density at radius 2 is 1.82 bits per heavy atom. The zero-order valence-corrected chi connectivity index (χ0v) is 11.4. The lowest BCUT2D eigenvalue weighted by Gasteiger charge is -1.99. The highest BCUT2D eigenvalue weighted by atomic mass is 16.5. The third-order valence-corrected chi connectivity index (χ3v) is 2.35. The molecule has 0 saturated heterocycles. The maximum atomic E-state index is 10.7. The second-order valence-electron chi connectivity index (χ2n) is 4.04. The number of aliphatic hydroxyl groups excluding tert-OH is 2. The summed E-state index contributed by atoms with van der Waals surface area (Å²) in [6.45, 7) is 6.89. The van der Waals surface area contributed by atoms with E-state index in [-0.39, 0.29) is 12.6 Å². The van der Waals surface area contributed by atoms with Crippen molar-refractivity contribution in [3.05, 3.63) is 0 Å². The Bertz CT molecular complexity index is 155. The van der Waals surface area contributed by atoms with Gasteiger partial charge in [-0.2, -0.15) is 0 Å². The molecule has 0 rings (SSSR count). The number of ether oxygens (including phenoxy) is 1. The van der Waals surface area contributed by atoms with Crippen LogP contribution < -0.4 is 0 Å². The predicted molar refractivity (Wildman–Crippen MR) is 68.7 cm³/mol. The van der Waals surface area contributed by atoms with Crippen LogP contribution in [0.25, 0.3) is 0 Å². The minimum Gasteiger partial charge on any atom is -0.466 e. The molecule has 0 fully saturated rings. The Morgan fingerprint density at radius 1 is 1.18 bits per heavy atom. The number of aliphatic hydroxyl groups is 2. The zero-order valence-electron chi connectivity index (χ0n) is 11.4. The average Bonchev–Trinajstić information content (AvgIpc) is 2.35. The van der Waals surface area contributed by atoms with Gasteiger partial charge in [-0.05, 0) is 25.7 Å². The van der Waals surface area contributed by atoms with E-state index in [2.05, 4.69) is 6.92 Å². The van der Waals surface area contributed by atoms with Crippen LogP contribution in [0, 0.1) is 5.92 Å². The van der Waals surface area contributed by atoms with Gasteiger partial charge in [0, 0.05) is 19.6 Å². The molecule has 1 unspecified atom stereocenters. The summed E-state index contributed by atoms with van der Waals surface area (Å²) < 4.78 is 4.72. The number of carbonyl (C=O) groups excluding carboxylic acids is 1.